The Kier molecular flexibility index (Phi) is 5.69. The van der Waals surface area contributed by atoms with Crippen LogP contribution in [0.25, 0.3) is 5.69 Å². The molecule has 0 bridgehead atoms. The van der Waals surface area contributed by atoms with Crippen LogP contribution in [0.1, 0.15) is 30.5 Å². The first-order valence-electron chi connectivity index (χ1n) is 8.66. The summed E-state index contributed by atoms with van der Waals surface area (Å²) >= 11 is 0. The molecule has 0 aliphatic heterocycles. The Bertz CT molecular complexity index is 825. The quantitative estimate of drug-likeness (QED) is 0.708. The van der Waals surface area contributed by atoms with Crippen LogP contribution in [0.4, 0.5) is 0 Å². The summed E-state index contributed by atoms with van der Waals surface area (Å²) in [5, 5.41) is 3.06. The molecule has 0 spiro atoms. The zero-order valence-electron chi connectivity index (χ0n) is 15.1. The van der Waals surface area contributed by atoms with Gasteiger partial charge in [0, 0.05) is 24.5 Å². The number of aromatic nitrogens is 2. The van der Waals surface area contributed by atoms with E-state index in [0.29, 0.717) is 12.8 Å². The molecular weight excluding hydrogens is 326 g/mol. The van der Waals surface area contributed by atoms with Crippen molar-refractivity contribution in [3.05, 3.63) is 78.4 Å². The summed E-state index contributed by atoms with van der Waals surface area (Å²) in [5.74, 6) is 0.873. The highest BCUT2D eigenvalue weighted by molar-refractivity contribution is 5.76. The third-order valence-electron chi connectivity index (χ3n) is 4.37. The second-order valence-electron chi connectivity index (χ2n) is 6.20. The van der Waals surface area contributed by atoms with E-state index in [2.05, 4.69) is 10.3 Å². The first-order chi connectivity index (χ1) is 12.7. The number of aryl methyl sites for hydroxylation is 1. The van der Waals surface area contributed by atoms with Crippen molar-refractivity contribution in [3.8, 4) is 11.4 Å². The summed E-state index contributed by atoms with van der Waals surface area (Å²) in [4.78, 5) is 16.3. The molecule has 0 saturated carbocycles. The number of hydrogen-bond donors (Lipinski definition) is 1. The van der Waals surface area contributed by atoms with E-state index in [9.17, 15) is 4.79 Å². The molecule has 0 unspecified atom stereocenters. The lowest BCUT2D eigenvalue weighted by atomic mass is 10.1. The summed E-state index contributed by atoms with van der Waals surface area (Å²) in [5.41, 5.74) is 3.24. The molecule has 0 saturated heterocycles. The SMILES string of the molecule is COc1ccc(CCC(=O)N[C@@H](C)c2ccc(-n3ccnc3)cc2)cc1. The standard InChI is InChI=1S/C21H23N3O2/c1-16(18-6-8-19(9-7-18)24-14-13-22-15-24)23-21(25)12-5-17-3-10-20(26-2)11-4-17/h3-4,6-11,13-16H,5,12H2,1-2H3,(H,23,25)/t16-/m0/s1. The van der Waals surface area contributed by atoms with E-state index < -0.39 is 0 Å². The van der Waals surface area contributed by atoms with Gasteiger partial charge in [-0.05, 0) is 48.7 Å². The molecule has 3 rings (SSSR count). The van der Waals surface area contributed by atoms with Crippen LogP contribution in [0.5, 0.6) is 5.75 Å². The lowest BCUT2D eigenvalue weighted by Crippen LogP contribution is -2.26. The van der Waals surface area contributed by atoms with Gasteiger partial charge >= 0.3 is 0 Å². The van der Waals surface area contributed by atoms with Gasteiger partial charge in [-0.2, -0.15) is 0 Å². The van der Waals surface area contributed by atoms with Crippen molar-refractivity contribution < 1.29 is 9.53 Å². The maximum atomic E-state index is 12.2. The summed E-state index contributed by atoms with van der Waals surface area (Å²) in [6.45, 7) is 2.00. The number of ether oxygens (including phenoxy) is 1. The fourth-order valence-electron chi connectivity index (χ4n) is 2.79. The van der Waals surface area contributed by atoms with Crippen LogP contribution in [0, 0.1) is 0 Å². The number of carbonyl (C=O) groups excluding carboxylic acids is 1. The van der Waals surface area contributed by atoms with Crippen LogP contribution in [-0.4, -0.2) is 22.6 Å². The minimum absolute atomic E-state index is 0.0322. The lowest BCUT2D eigenvalue weighted by molar-refractivity contribution is -0.121. The molecule has 26 heavy (non-hydrogen) atoms. The second-order valence-corrected chi connectivity index (χ2v) is 6.20. The van der Waals surface area contributed by atoms with Crippen molar-refractivity contribution in [1.29, 1.82) is 0 Å². The van der Waals surface area contributed by atoms with Gasteiger partial charge in [0.1, 0.15) is 5.75 Å². The number of carbonyl (C=O) groups is 1. The maximum Gasteiger partial charge on any atom is 0.220 e. The van der Waals surface area contributed by atoms with Crippen LogP contribution in [0.3, 0.4) is 0 Å². The van der Waals surface area contributed by atoms with Crippen molar-refractivity contribution in [2.75, 3.05) is 7.11 Å². The Labute approximate surface area is 153 Å². The zero-order valence-corrected chi connectivity index (χ0v) is 15.1. The van der Waals surface area contributed by atoms with E-state index in [0.717, 1.165) is 22.6 Å². The Morgan fingerprint density at radius 1 is 1.15 bits per heavy atom. The molecule has 134 valence electrons. The normalized spacial score (nSPS) is 11.8. The van der Waals surface area contributed by atoms with Gasteiger partial charge in [-0.3, -0.25) is 4.79 Å². The first kappa shape index (κ1) is 17.7. The number of imidazole rings is 1. The largest absolute Gasteiger partial charge is 0.497 e. The van der Waals surface area contributed by atoms with Crippen molar-refractivity contribution in [3.63, 3.8) is 0 Å². The van der Waals surface area contributed by atoms with E-state index in [1.165, 1.54) is 0 Å². The Balaban J connectivity index is 1.51. The van der Waals surface area contributed by atoms with Crippen LogP contribution in [0.2, 0.25) is 0 Å². The van der Waals surface area contributed by atoms with Gasteiger partial charge in [-0.15, -0.1) is 0 Å². The zero-order chi connectivity index (χ0) is 18.4. The molecule has 2 aromatic carbocycles. The smallest absolute Gasteiger partial charge is 0.220 e. The summed E-state index contributed by atoms with van der Waals surface area (Å²) in [6, 6.07) is 15.9. The van der Waals surface area contributed by atoms with Gasteiger partial charge < -0.3 is 14.6 Å². The van der Waals surface area contributed by atoms with Crippen LogP contribution >= 0.6 is 0 Å². The predicted octanol–water partition coefficient (Wildman–Crippen LogP) is 3.69. The minimum Gasteiger partial charge on any atom is -0.497 e. The van der Waals surface area contributed by atoms with Gasteiger partial charge in [0.25, 0.3) is 0 Å². The first-order valence-corrected chi connectivity index (χ1v) is 8.66. The number of nitrogens with one attached hydrogen (secondary N) is 1. The highest BCUT2D eigenvalue weighted by Crippen LogP contribution is 2.16. The molecule has 1 N–H and O–H groups in total. The molecule has 0 radical (unpaired) electrons. The monoisotopic (exact) mass is 349 g/mol. The number of benzene rings is 2. The summed E-state index contributed by atoms with van der Waals surface area (Å²) in [6.07, 6.45) is 6.59. The minimum atomic E-state index is -0.0322. The third-order valence-corrected chi connectivity index (χ3v) is 4.37. The van der Waals surface area contributed by atoms with Gasteiger partial charge in [0.15, 0.2) is 0 Å². The number of methoxy groups -OCH3 is 1. The number of amides is 1. The van der Waals surface area contributed by atoms with Crippen molar-refractivity contribution in [2.24, 2.45) is 0 Å². The van der Waals surface area contributed by atoms with E-state index in [1.54, 1.807) is 19.6 Å². The molecule has 5 nitrogen and oxygen atoms in total. The van der Waals surface area contributed by atoms with E-state index in [-0.39, 0.29) is 11.9 Å². The summed E-state index contributed by atoms with van der Waals surface area (Å²) < 4.78 is 7.09. The van der Waals surface area contributed by atoms with Crippen LogP contribution < -0.4 is 10.1 Å². The van der Waals surface area contributed by atoms with E-state index in [1.807, 2.05) is 66.2 Å². The number of nitrogens with zero attached hydrogens (tertiary/aromatic N) is 2. The highest BCUT2D eigenvalue weighted by Gasteiger charge is 2.10. The molecule has 0 aliphatic rings. The molecule has 5 heteroatoms. The lowest BCUT2D eigenvalue weighted by Gasteiger charge is -2.15. The molecule has 1 amide bonds. The molecule has 1 heterocycles. The molecule has 1 aromatic heterocycles. The Morgan fingerprint density at radius 2 is 1.88 bits per heavy atom. The van der Waals surface area contributed by atoms with E-state index >= 15 is 0 Å². The van der Waals surface area contributed by atoms with Gasteiger partial charge in [0.2, 0.25) is 5.91 Å². The molecule has 1 atom stereocenters. The third kappa shape index (κ3) is 4.51. The average molecular weight is 349 g/mol. The Morgan fingerprint density at radius 3 is 2.50 bits per heavy atom. The number of hydrogen-bond acceptors (Lipinski definition) is 3. The highest BCUT2D eigenvalue weighted by atomic mass is 16.5. The van der Waals surface area contributed by atoms with Crippen LogP contribution in [-0.2, 0) is 11.2 Å². The molecule has 0 fully saturated rings. The molecular formula is C21H23N3O2. The van der Waals surface area contributed by atoms with Crippen molar-refractivity contribution in [1.82, 2.24) is 14.9 Å². The fourth-order valence-corrected chi connectivity index (χ4v) is 2.79. The van der Waals surface area contributed by atoms with Gasteiger partial charge in [0.05, 0.1) is 19.5 Å². The molecule has 0 aliphatic carbocycles. The van der Waals surface area contributed by atoms with Crippen molar-refractivity contribution in [2.45, 2.75) is 25.8 Å². The predicted molar refractivity (Wildman–Crippen MR) is 101 cm³/mol. The topological polar surface area (TPSA) is 56.1 Å². The van der Waals surface area contributed by atoms with E-state index in [4.69, 9.17) is 4.74 Å². The number of rotatable bonds is 7. The van der Waals surface area contributed by atoms with Crippen molar-refractivity contribution >= 4 is 5.91 Å². The average Bonchev–Trinajstić information content (AvgIpc) is 3.21. The van der Waals surface area contributed by atoms with Gasteiger partial charge in [-0.1, -0.05) is 24.3 Å². The van der Waals surface area contributed by atoms with Crippen LogP contribution in [0.15, 0.2) is 67.3 Å². The molecule has 3 aromatic rings. The summed E-state index contributed by atoms with van der Waals surface area (Å²) in [7, 11) is 1.64. The van der Waals surface area contributed by atoms with Gasteiger partial charge in [-0.25, -0.2) is 4.98 Å². The second kappa shape index (κ2) is 8.34. The maximum absolute atomic E-state index is 12.2. The fraction of sp³-hybridized carbons (Fsp3) is 0.238. The Hall–Kier alpha value is -3.08.